The molecule has 0 saturated carbocycles. The molecule has 0 aliphatic carbocycles. The molecule has 0 radical (unpaired) electrons. The van der Waals surface area contributed by atoms with Crippen LogP contribution in [0.3, 0.4) is 0 Å². The minimum Gasteiger partial charge on any atom is -0.303 e. The molecule has 0 N–H and O–H groups in total. The van der Waals surface area contributed by atoms with E-state index >= 15 is 0 Å². The number of hydrogen-bond donors (Lipinski definition) is 0. The van der Waals surface area contributed by atoms with Crippen LogP contribution >= 0.6 is 0 Å². The van der Waals surface area contributed by atoms with Gasteiger partial charge in [-0.25, -0.2) is 0 Å². The Kier molecular flexibility index (Phi) is 5.11. The molecule has 15 heavy (non-hydrogen) atoms. The summed E-state index contributed by atoms with van der Waals surface area (Å²) in [6.45, 7) is 8.44. The van der Waals surface area contributed by atoms with Gasteiger partial charge in [0.2, 0.25) is 0 Å². The fourth-order valence-corrected chi connectivity index (χ4v) is 2.21. The highest BCUT2D eigenvalue weighted by Gasteiger charge is 2.27. The maximum Gasteiger partial charge on any atom is 0.0621 e. The van der Waals surface area contributed by atoms with E-state index in [1.807, 2.05) is 0 Å². The fourth-order valence-electron chi connectivity index (χ4n) is 2.21. The lowest BCUT2D eigenvalue weighted by Gasteiger charge is -2.38. The molecule has 0 atom stereocenters. The van der Waals surface area contributed by atoms with Gasteiger partial charge in [0, 0.05) is 6.42 Å². The first kappa shape index (κ1) is 12.5. The van der Waals surface area contributed by atoms with Crippen molar-refractivity contribution in [1.29, 1.82) is 5.26 Å². The van der Waals surface area contributed by atoms with E-state index in [2.05, 4.69) is 24.8 Å². The van der Waals surface area contributed by atoms with Crippen molar-refractivity contribution in [3.8, 4) is 6.07 Å². The Hall–Kier alpha value is -0.550. The van der Waals surface area contributed by atoms with E-state index in [0.717, 1.165) is 12.8 Å². The minimum absolute atomic E-state index is 0.600. The maximum absolute atomic E-state index is 8.44. The van der Waals surface area contributed by atoms with Crippen molar-refractivity contribution in [2.45, 2.75) is 52.4 Å². The SMILES string of the molecule is CCC1(C)CCN(CCCCC#N)CC1. The second-order valence-corrected chi connectivity index (χ2v) is 5.12. The van der Waals surface area contributed by atoms with E-state index in [1.165, 1.54) is 45.3 Å². The summed E-state index contributed by atoms with van der Waals surface area (Å²) in [5.41, 5.74) is 0.600. The van der Waals surface area contributed by atoms with Crippen molar-refractivity contribution in [2.24, 2.45) is 5.41 Å². The van der Waals surface area contributed by atoms with Gasteiger partial charge < -0.3 is 4.90 Å². The van der Waals surface area contributed by atoms with Gasteiger partial charge in [0.25, 0.3) is 0 Å². The number of unbranched alkanes of at least 4 members (excludes halogenated alkanes) is 2. The van der Waals surface area contributed by atoms with Crippen LogP contribution < -0.4 is 0 Å². The molecule has 1 aliphatic heterocycles. The van der Waals surface area contributed by atoms with Gasteiger partial charge in [-0.05, 0) is 50.7 Å². The van der Waals surface area contributed by atoms with Crippen LogP contribution in [-0.4, -0.2) is 24.5 Å². The minimum atomic E-state index is 0.600. The van der Waals surface area contributed by atoms with Crippen molar-refractivity contribution < 1.29 is 0 Å². The zero-order chi connectivity index (χ0) is 11.1. The van der Waals surface area contributed by atoms with Gasteiger partial charge >= 0.3 is 0 Å². The molecule has 2 heteroatoms. The lowest BCUT2D eigenvalue weighted by molar-refractivity contribution is 0.113. The molecule has 0 aromatic rings. The molecule has 0 bridgehead atoms. The van der Waals surface area contributed by atoms with Gasteiger partial charge in [-0.2, -0.15) is 5.26 Å². The number of nitriles is 1. The number of likely N-dealkylation sites (tertiary alicyclic amines) is 1. The molecule has 2 nitrogen and oxygen atoms in total. The van der Waals surface area contributed by atoms with E-state index in [9.17, 15) is 0 Å². The third-order valence-corrected chi connectivity index (χ3v) is 3.93. The Morgan fingerprint density at radius 3 is 2.47 bits per heavy atom. The van der Waals surface area contributed by atoms with Crippen molar-refractivity contribution in [1.82, 2.24) is 4.90 Å². The summed E-state index contributed by atoms with van der Waals surface area (Å²) in [5.74, 6) is 0. The predicted molar refractivity (Wildman–Crippen MR) is 63.5 cm³/mol. The van der Waals surface area contributed by atoms with E-state index in [-0.39, 0.29) is 0 Å². The molecule has 0 aromatic heterocycles. The lowest BCUT2D eigenvalue weighted by Crippen LogP contribution is -2.38. The molecular weight excluding hydrogens is 184 g/mol. The van der Waals surface area contributed by atoms with Crippen LogP contribution in [0.5, 0.6) is 0 Å². The van der Waals surface area contributed by atoms with Gasteiger partial charge in [-0.1, -0.05) is 20.3 Å². The predicted octanol–water partition coefficient (Wildman–Crippen LogP) is 3.19. The van der Waals surface area contributed by atoms with Gasteiger partial charge in [0.1, 0.15) is 0 Å². The third-order valence-electron chi connectivity index (χ3n) is 3.93. The van der Waals surface area contributed by atoms with Gasteiger partial charge in [0.05, 0.1) is 6.07 Å². The summed E-state index contributed by atoms with van der Waals surface area (Å²) in [5, 5.41) is 8.44. The van der Waals surface area contributed by atoms with Crippen LogP contribution in [0.4, 0.5) is 0 Å². The largest absolute Gasteiger partial charge is 0.303 e. The van der Waals surface area contributed by atoms with Crippen molar-refractivity contribution >= 4 is 0 Å². The summed E-state index contributed by atoms with van der Waals surface area (Å²) < 4.78 is 0. The van der Waals surface area contributed by atoms with Gasteiger partial charge in [0.15, 0.2) is 0 Å². The van der Waals surface area contributed by atoms with E-state index in [0.29, 0.717) is 5.41 Å². The topological polar surface area (TPSA) is 27.0 Å². The van der Waals surface area contributed by atoms with E-state index < -0.39 is 0 Å². The Morgan fingerprint density at radius 2 is 1.93 bits per heavy atom. The average molecular weight is 208 g/mol. The summed E-state index contributed by atoms with van der Waals surface area (Å²) >= 11 is 0. The first-order chi connectivity index (χ1) is 7.20. The van der Waals surface area contributed by atoms with E-state index in [4.69, 9.17) is 5.26 Å². The molecular formula is C13H24N2. The number of nitrogens with zero attached hydrogens (tertiary/aromatic N) is 2. The molecule has 0 amide bonds. The highest BCUT2D eigenvalue weighted by atomic mass is 15.1. The Morgan fingerprint density at radius 1 is 1.27 bits per heavy atom. The van der Waals surface area contributed by atoms with Crippen molar-refractivity contribution in [3.63, 3.8) is 0 Å². The highest BCUT2D eigenvalue weighted by molar-refractivity contribution is 4.81. The zero-order valence-corrected chi connectivity index (χ0v) is 10.3. The summed E-state index contributed by atoms with van der Waals surface area (Å²) in [4.78, 5) is 2.56. The second kappa shape index (κ2) is 6.12. The zero-order valence-electron chi connectivity index (χ0n) is 10.3. The Bertz CT molecular complexity index is 209. The fraction of sp³-hybridized carbons (Fsp3) is 0.923. The number of hydrogen-bond acceptors (Lipinski definition) is 2. The molecule has 1 heterocycles. The average Bonchev–Trinajstić information content (AvgIpc) is 2.27. The Balaban J connectivity index is 2.13. The third kappa shape index (κ3) is 4.22. The molecule has 0 aromatic carbocycles. The number of piperidine rings is 1. The normalized spacial score (nSPS) is 21.1. The smallest absolute Gasteiger partial charge is 0.0621 e. The lowest BCUT2D eigenvalue weighted by atomic mass is 9.78. The van der Waals surface area contributed by atoms with Crippen LogP contribution in [0.15, 0.2) is 0 Å². The van der Waals surface area contributed by atoms with Crippen LogP contribution in [0.1, 0.15) is 52.4 Å². The monoisotopic (exact) mass is 208 g/mol. The Labute approximate surface area is 94.3 Å². The summed E-state index contributed by atoms with van der Waals surface area (Å²) in [7, 11) is 0. The van der Waals surface area contributed by atoms with E-state index in [1.54, 1.807) is 0 Å². The van der Waals surface area contributed by atoms with Gasteiger partial charge in [-0.15, -0.1) is 0 Å². The van der Waals surface area contributed by atoms with Crippen molar-refractivity contribution in [2.75, 3.05) is 19.6 Å². The molecule has 1 saturated heterocycles. The first-order valence-corrected chi connectivity index (χ1v) is 6.29. The molecule has 0 unspecified atom stereocenters. The number of rotatable bonds is 5. The molecule has 1 aliphatic rings. The molecule has 1 rings (SSSR count). The first-order valence-electron chi connectivity index (χ1n) is 6.29. The molecule has 1 fully saturated rings. The highest BCUT2D eigenvalue weighted by Crippen LogP contribution is 2.33. The van der Waals surface area contributed by atoms with Crippen molar-refractivity contribution in [3.05, 3.63) is 0 Å². The molecule has 0 spiro atoms. The maximum atomic E-state index is 8.44. The quantitative estimate of drug-likeness (QED) is 0.649. The van der Waals surface area contributed by atoms with Crippen LogP contribution in [0, 0.1) is 16.7 Å². The second-order valence-electron chi connectivity index (χ2n) is 5.12. The van der Waals surface area contributed by atoms with Crippen LogP contribution in [-0.2, 0) is 0 Å². The summed E-state index contributed by atoms with van der Waals surface area (Å²) in [6, 6.07) is 2.21. The van der Waals surface area contributed by atoms with Crippen LogP contribution in [0.2, 0.25) is 0 Å². The summed E-state index contributed by atoms with van der Waals surface area (Å²) in [6.07, 6.45) is 6.99. The van der Waals surface area contributed by atoms with Gasteiger partial charge in [-0.3, -0.25) is 0 Å². The van der Waals surface area contributed by atoms with Crippen LogP contribution in [0.25, 0.3) is 0 Å². The standard InChI is InChI=1S/C13H24N2/c1-3-13(2)7-11-15(12-8-13)10-6-4-5-9-14/h3-8,10-12H2,1-2H3. The molecule has 86 valence electrons.